The van der Waals surface area contributed by atoms with Crippen molar-refractivity contribution < 1.29 is 15.3 Å². The van der Waals surface area contributed by atoms with Gasteiger partial charge in [-0.25, -0.2) is 4.99 Å². The summed E-state index contributed by atoms with van der Waals surface area (Å²) in [6.45, 7) is 8.40. The molecule has 0 saturated heterocycles. The summed E-state index contributed by atoms with van der Waals surface area (Å²) in [5, 5.41) is 55.6. The Balaban J connectivity index is 1.21. The number of benzene rings is 5. The third kappa shape index (κ3) is 5.61. The maximum Gasteiger partial charge on any atom is 0.140 e. The second kappa shape index (κ2) is 13.3. The molecule has 272 valence electrons. The quantitative estimate of drug-likeness (QED) is 0.0902. The lowest BCUT2D eigenvalue weighted by Crippen LogP contribution is -2.45. The fourth-order valence-electron chi connectivity index (χ4n) is 8.19. The minimum atomic E-state index is -0.679. The first-order valence-electron chi connectivity index (χ1n) is 18.5. The van der Waals surface area contributed by atoms with Gasteiger partial charge in [-0.2, -0.15) is 5.26 Å². The van der Waals surface area contributed by atoms with Crippen LogP contribution in [0.3, 0.4) is 0 Å². The van der Waals surface area contributed by atoms with E-state index in [1.807, 2.05) is 36.4 Å². The first-order chi connectivity index (χ1) is 26.8. The maximum absolute atomic E-state index is 12.3. The van der Waals surface area contributed by atoms with Gasteiger partial charge in [-0.05, 0) is 60.0 Å². The molecule has 0 saturated carbocycles. The molecule has 0 amide bonds. The second-order valence-corrected chi connectivity index (χ2v) is 17.6. The summed E-state index contributed by atoms with van der Waals surface area (Å²) >= 11 is 2.86. The molecule has 56 heavy (non-hydrogen) atoms. The number of nitriles is 1. The molecule has 3 heterocycles. The molecule has 4 radical (unpaired) electrons. The van der Waals surface area contributed by atoms with E-state index < -0.39 is 12.3 Å². The lowest BCUT2D eigenvalue weighted by molar-refractivity contribution is 0.384. The SMILES string of the molecule is [B]c1c(-c2cccc3c2sc2ccccc23)c(O)c([B])c2c1sc1c(O)c(C3NC(C4=CC=C(C(C)(C)C)CC4)=NC(c4ccc(C#N)cc4)N3)c(C)c(O)c12. The molecule has 1 aliphatic heterocycles. The monoisotopic (exact) mass is 766 g/mol. The average Bonchev–Trinajstić information content (AvgIpc) is 3.80. The Morgan fingerprint density at radius 2 is 1.55 bits per heavy atom. The van der Waals surface area contributed by atoms with E-state index in [1.165, 1.54) is 16.9 Å². The molecule has 2 unspecified atom stereocenters. The number of phenols is 3. The van der Waals surface area contributed by atoms with E-state index in [1.54, 1.807) is 30.4 Å². The number of hydrogen-bond acceptors (Lipinski definition) is 9. The van der Waals surface area contributed by atoms with Crippen molar-refractivity contribution >= 4 is 95.5 Å². The highest BCUT2D eigenvalue weighted by Crippen LogP contribution is 2.51. The molecule has 0 spiro atoms. The van der Waals surface area contributed by atoms with Crippen molar-refractivity contribution in [3.63, 3.8) is 0 Å². The summed E-state index contributed by atoms with van der Waals surface area (Å²) in [7, 11) is 13.8. The third-order valence-electron chi connectivity index (χ3n) is 11.2. The van der Waals surface area contributed by atoms with E-state index in [0.717, 1.165) is 49.7 Å². The van der Waals surface area contributed by atoms with Crippen molar-refractivity contribution in [3.8, 4) is 34.4 Å². The van der Waals surface area contributed by atoms with Crippen LogP contribution in [0.25, 0.3) is 51.5 Å². The summed E-state index contributed by atoms with van der Waals surface area (Å²) in [6, 6.07) is 23.6. The number of phenolic OH excluding ortho intramolecular Hbond substituents is 3. The number of aliphatic imine (C=N–C) groups is 1. The van der Waals surface area contributed by atoms with Crippen molar-refractivity contribution in [2.24, 2.45) is 10.4 Å². The van der Waals surface area contributed by atoms with Crippen molar-refractivity contribution in [1.82, 2.24) is 10.6 Å². The van der Waals surface area contributed by atoms with E-state index in [4.69, 9.17) is 20.7 Å². The van der Waals surface area contributed by atoms with E-state index in [9.17, 15) is 20.6 Å². The summed E-state index contributed by atoms with van der Waals surface area (Å²) in [5.74, 6) is 0.397. The summed E-state index contributed by atoms with van der Waals surface area (Å²) in [4.78, 5) is 5.09. The van der Waals surface area contributed by atoms with Gasteiger partial charge in [-0.3, -0.25) is 5.32 Å². The van der Waals surface area contributed by atoms with Crippen LogP contribution in [-0.4, -0.2) is 36.8 Å². The van der Waals surface area contributed by atoms with Crippen LogP contribution in [0.4, 0.5) is 0 Å². The number of nitrogens with zero attached hydrogens (tertiary/aromatic N) is 2. The van der Waals surface area contributed by atoms with Gasteiger partial charge < -0.3 is 20.6 Å². The second-order valence-electron chi connectivity index (χ2n) is 15.6. The molecule has 9 rings (SSSR count). The first-order valence-corrected chi connectivity index (χ1v) is 20.1. The van der Waals surface area contributed by atoms with Gasteiger partial charge in [0.25, 0.3) is 0 Å². The van der Waals surface area contributed by atoms with Crippen molar-refractivity contribution in [2.75, 3.05) is 0 Å². The zero-order valence-electron chi connectivity index (χ0n) is 31.3. The van der Waals surface area contributed by atoms with Gasteiger partial charge in [0.15, 0.2) is 0 Å². The van der Waals surface area contributed by atoms with Crippen LogP contribution >= 0.6 is 22.7 Å². The molecule has 2 atom stereocenters. The maximum atomic E-state index is 12.3. The van der Waals surface area contributed by atoms with Crippen LogP contribution in [-0.2, 0) is 0 Å². The number of thiophene rings is 2. The molecular formula is C45H36B2N4O3S2. The van der Waals surface area contributed by atoms with E-state index >= 15 is 0 Å². The van der Waals surface area contributed by atoms with Gasteiger partial charge in [-0.15, -0.1) is 22.7 Å². The van der Waals surface area contributed by atoms with Gasteiger partial charge in [0.1, 0.15) is 51.1 Å². The number of rotatable bonds is 4. The van der Waals surface area contributed by atoms with Gasteiger partial charge in [0.2, 0.25) is 0 Å². The van der Waals surface area contributed by atoms with Crippen LogP contribution < -0.4 is 21.6 Å². The number of allylic oxidation sites excluding steroid dienone is 3. The molecule has 11 heteroatoms. The normalized spacial score (nSPS) is 17.5. The van der Waals surface area contributed by atoms with E-state index in [0.29, 0.717) is 53.7 Å². The fourth-order valence-corrected chi connectivity index (χ4v) is 10.7. The minimum Gasteiger partial charge on any atom is -0.508 e. The van der Waals surface area contributed by atoms with Crippen LogP contribution in [0.15, 0.2) is 95.0 Å². The lowest BCUT2D eigenvalue weighted by atomic mass is 9.78. The molecule has 1 aliphatic carbocycles. The fraction of sp³-hybridized carbons (Fsp3) is 0.200. The number of hydrogen-bond donors (Lipinski definition) is 5. The number of aromatic hydroxyl groups is 3. The highest BCUT2D eigenvalue weighted by Gasteiger charge is 2.34. The van der Waals surface area contributed by atoms with Crippen LogP contribution in [0, 0.1) is 23.7 Å². The Morgan fingerprint density at radius 1 is 0.804 bits per heavy atom. The number of fused-ring (bicyclic) bond motifs is 6. The molecule has 5 N–H and O–H groups in total. The van der Waals surface area contributed by atoms with Gasteiger partial charge in [0.05, 0.1) is 16.3 Å². The Kier molecular flexibility index (Phi) is 8.58. The van der Waals surface area contributed by atoms with Crippen LogP contribution in [0.5, 0.6) is 17.2 Å². The largest absolute Gasteiger partial charge is 0.508 e. The molecule has 0 fully saturated rings. The summed E-state index contributed by atoms with van der Waals surface area (Å²) in [6.07, 6.45) is 4.76. The van der Waals surface area contributed by atoms with Gasteiger partial charge >= 0.3 is 0 Å². The summed E-state index contributed by atoms with van der Waals surface area (Å²) in [5.41, 5.74) is 6.27. The smallest absolute Gasteiger partial charge is 0.140 e. The topological polar surface area (TPSA) is 121 Å². The molecule has 5 aromatic carbocycles. The van der Waals surface area contributed by atoms with E-state index in [2.05, 4.69) is 67.8 Å². The Hall–Kier alpha value is -5.53. The molecule has 7 aromatic rings. The Bertz CT molecular complexity index is 2950. The Labute approximate surface area is 335 Å². The molecule has 2 aromatic heterocycles. The third-order valence-corrected chi connectivity index (χ3v) is 13.7. The van der Waals surface area contributed by atoms with Crippen molar-refractivity contribution in [1.29, 1.82) is 5.26 Å². The minimum absolute atomic E-state index is 0.0414. The van der Waals surface area contributed by atoms with Crippen molar-refractivity contribution in [3.05, 3.63) is 112 Å². The molecule has 0 bridgehead atoms. The first kappa shape index (κ1) is 36.1. The average molecular weight is 767 g/mol. The number of nitrogens with one attached hydrogen (secondary N) is 2. The standard InChI is InChI=1S/C45H36B2N4O3S2/c1-21-30(44-50-42(23-14-12-22(20-48)13-15-23)49-43(51-44)24-16-18-25(19-17-24)45(2,3)4)38(54)41-33(36(21)52)32-34(46)37(53)31(35(47)40(32)56-41)28-10-7-9-27-26-8-5-6-11-29(26)55-39(27)28/h5-16,18,42,44,50,52-54H,17,19H2,1-4H3,(H,49,51). The summed E-state index contributed by atoms with van der Waals surface area (Å²) < 4.78 is 3.04. The zero-order chi connectivity index (χ0) is 39.2. The molecule has 7 nitrogen and oxygen atoms in total. The highest BCUT2D eigenvalue weighted by atomic mass is 32.1. The van der Waals surface area contributed by atoms with E-state index in [-0.39, 0.29) is 28.1 Å². The predicted octanol–water partition coefficient (Wildman–Crippen LogP) is 8.96. The van der Waals surface area contributed by atoms with Gasteiger partial charge in [0, 0.05) is 57.9 Å². The van der Waals surface area contributed by atoms with Crippen molar-refractivity contribution in [2.45, 2.75) is 52.9 Å². The van der Waals surface area contributed by atoms with Crippen LogP contribution in [0.2, 0.25) is 0 Å². The zero-order valence-corrected chi connectivity index (χ0v) is 32.9. The van der Waals surface area contributed by atoms with Crippen LogP contribution in [0.1, 0.15) is 68.2 Å². The molecule has 2 aliphatic rings. The molecular weight excluding hydrogens is 730 g/mol. The predicted molar refractivity (Wildman–Crippen MR) is 233 cm³/mol. The Morgan fingerprint density at radius 3 is 2.27 bits per heavy atom. The lowest BCUT2D eigenvalue weighted by Gasteiger charge is -2.35. The number of amidine groups is 1. The van der Waals surface area contributed by atoms with Gasteiger partial charge in [-0.1, -0.05) is 92.5 Å². The highest BCUT2D eigenvalue weighted by molar-refractivity contribution is 7.28.